The smallest absolute Gasteiger partial charge is 0.249 e. The summed E-state index contributed by atoms with van der Waals surface area (Å²) in [7, 11) is 1.49. The van der Waals surface area contributed by atoms with Crippen molar-refractivity contribution in [2.45, 2.75) is 13.3 Å². The zero-order chi connectivity index (χ0) is 22.6. The molecular weight excluding hydrogens is 422 g/mol. The summed E-state index contributed by atoms with van der Waals surface area (Å²) in [6, 6.07) is 10.1. The van der Waals surface area contributed by atoms with Crippen LogP contribution in [0.4, 0.5) is 5.69 Å². The van der Waals surface area contributed by atoms with E-state index in [1.54, 1.807) is 36.4 Å². The number of carbonyl (C=O) groups excluding carboxylic acids is 2. The van der Waals surface area contributed by atoms with E-state index in [0.717, 1.165) is 0 Å². The third kappa shape index (κ3) is 7.24. The summed E-state index contributed by atoms with van der Waals surface area (Å²) in [5.41, 5.74) is 3.32. The van der Waals surface area contributed by atoms with Crippen LogP contribution in [0.1, 0.15) is 18.9 Å². The Bertz CT molecular complexity index is 1000. The van der Waals surface area contributed by atoms with Crippen molar-refractivity contribution in [1.82, 2.24) is 5.43 Å². The first kappa shape index (κ1) is 23.6. The average molecular weight is 444 g/mol. The number of nitrogens with zero attached hydrogens (tertiary/aromatic N) is 1. The maximum Gasteiger partial charge on any atom is 0.249 e. The molecule has 0 heterocycles. The van der Waals surface area contributed by atoms with E-state index in [2.05, 4.69) is 21.8 Å². The van der Waals surface area contributed by atoms with E-state index in [-0.39, 0.29) is 11.6 Å². The van der Waals surface area contributed by atoms with E-state index < -0.39 is 18.2 Å². The van der Waals surface area contributed by atoms with Crippen molar-refractivity contribution in [3.63, 3.8) is 0 Å². The van der Waals surface area contributed by atoms with Gasteiger partial charge in [0.2, 0.25) is 11.8 Å². The van der Waals surface area contributed by atoms with Gasteiger partial charge in [0.05, 0.1) is 30.6 Å². The Morgan fingerprint density at radius 2 is 1.97 bits per heavy atom. The molecule has 0 spiro atoms. The number of para-hydroxylation sites is 2. The summed E-state index contributed by atoms with van der Waals surface area (Å²) >= 11 is 6.23. The number of hydrazone groups is 1. The van der Waals surface area contributed by atoms with Crippen molar-refractivity contribution < 1.29 is 23.8 Å². The highest BCUT2D eigenvalue weighted by atomic mass is 35.5. The molecule has 8 nitrogen and oxygen atoms in total. The number of benzene rings is 2. The molecule has 31 heavy (non-hydrogen) atoms. The number of ether oxygens (including phenoxy) is 3. The fourth-order valence-corrected chi connectivity index (χ4v) is 2.76. The number of halogens is 1. The topological polar surface area (TPSA) is 98.2 Å². The number of hydrogen-bond donors (Lipinski definition) is 2. The number of rotatable bonds is 10. The number of terminal acetylenes is 1. The van der Waals surface area contributed by atoms with Crippen LogP contribution in [0.15, 0.2) is 41.5 Å². The minimum absolute atomic E-state index is 0.0419. The van der Waals surface area contributed by atoms with Gasteiger partial charge >= 0.3 is 0 Å². The maximum atomic E-state index is 12.1. The molecule has 0 fully saturated rings. The summed E-state index contributed by atoms with van der Waals surface area (Å²) < 4.78 is 16.1. The summed E-state index contributed by atoms with van der Waals surface area (Å²) in [6.07, 6.45) is 6.16. The van der Waals surface area contributed by atoms with E-state index >= 15 is 0 Å². The maximum absolute atomic E-state index is 12.1. The number of methoxy groups -OCH3 is 1. The fourth-order valence-electron chi connectivity index (χ4n) is 2.49. The van der Waals surface area contributed by atoms with Crippen molar-refractivity contribution in [3.05, 3.63) is 47.0 Å². The van der Waals surface area contributed by atoms with Gasteiger partial charge in [-0.1, -0.05) is 29.7 Å². The van der Waals surface area contributed by atoms with Gasteiger partial charge in [-0.15, -0.1) is 6.42 Å². The van der Waals surface area contributed by atoms with Crippen LogP contribution in [-0.4, -0.2) is 38.4 Å². The summed E-state index contributed by atoms with van der Waals surface area (Å²) in [5.74, 6) is 2.48. The first-order valence-corrected chi connectivity index (χ1v) is 9.63. The minimum Gasteiger partial charge on any atom is -0.495 e. The molecule has 0 atom stereocenters. The summed E-state index contributed by atoms with van der Waals surface area (Å²) in [5, 5.41) is 6.75. The molecule has 2 aromatic carbocycles. The molecule has 162 valence electrons. The molecule has 0 saturated carbocycles. The fraction of sp³-hybridized carbons (Fsp3) is 0.227. The second-order valence-electron chi connectivity index (χ2n) is 5.97. The first-order chi connectivity index (χ1) is 15.0. The summed E-state index contributed by atoms with van der Waals surface area (Å²) in [6.45, 7) is 2.25. The number of hydrogen-bond acceptors (Lipinski definition) is 6. The molecule has 2 amide bonds. The van der Waals surface area contributed by atoms with Crippen molar-refractivity contribution in [2.24, 2.45) is 5.10 Å². The van der Waals surface area contributed by atoms with E-state index in [9.17, 15) is 9.59 Å². The van der Waals surface area contributed by atoms with Crippen LogP contribution >= 0.6 is 11.6 Å². The van der Waals surface area contributed by atoms with E-state index in [0.29, 0.717) is 35.1 Å². The Kier molecular flexibility index (Phi) is 9.20. The Morgan fingerprint density at radius 1 is 1.19 bits per heavy atom. The van der Waals surface area contributed by atoms with Crippen LogP contribution in [0.2, 0.25) is 5.02 Å². The zero-order valence-corrected chi connectivity index (χ0v) is 17.9. The minimum atomic E-state index is -0.589. The lowest BCUT2D eigenvalue weighted by atomic mass is 10.2. The molecule has 2 aromatic rings. The molecule has 0 aliphatic heterocycles. The van der Waals surface area contributed by atoms with Gasteiger partial charge in [0.25, 0.3) is 0 Å². The largest absolute Gasteiger partial charge is 0.495 e. The molecule has 2 N–H and O–H groups in total. The molecule has 0 aromatic heterocycles. The van der Waals surface area contributed by atoms with Crippen LogP contribution < -0.4 is 25.0 Å². The van der Waals surface area contributed by atoms with Gasteiger partial charge < -0.3 is 19.5 Å². The number of nitrogens with one attached hydrogen (secondary N) is 2. The normalized spacial score (nSPS) is 10.3. The lowest BCUT2D eigenvalue weighted by Gasteiger charge is -2.12. The standard InChI is InChI=1S/C22H22ClN3O5/c1-4-10-31-22-16(23)11-15(12-19(22)30-5-2)14-24-26-21(28)13-20(27)25-17-8-6-7-9-18(17)29-3/h1,6-9,11-12,14H,5,10,13H2,2-3H3,(H,25,27)(H,26,28). The quantitative estimate of drug-likeness (QED) is 0.254. The Labute approximate surface area is 185 Å². The molecule has 9 heteroatoms. The van der Waals surface area contributed by atoms with Crippen molar-refractivity contribution >= 4 is 35.3 Å². The molecule has 0 unspecified atom stereocenters. The predicted octanol–water partition coefficient (Wildman–Crippen LogP) is 3.24. The van der Waals surface area contributed by atoms with Gasteiger partial charge in [-0.25, -0.2) is 5.43 Å². The highest BCUT2D eigenvalue weighted by Gasteiger charge is 2.13. The number of carbonyl (C=O) groups is 2. The van der Waals surface area contributed by atoms with E-state index in [4.69, 9.17) is 32.2 Å². The number of amides is 2. The second kappa shape index (κ2) is 12.1. The van der Waals surface area contributed by atoms with Gasteiger partial charge in [-0.2, -0.15) is 5.10 Å². The monoisotopic (exact) mass is 443 g/mol. The van der Waals surface area contributed by atoms with Crippen LogP contribution in [0.5, 0.6) is 17.2 Å². The van der Waals surface area contributed by atoms with Gasteiger partial charge in [-0.05, 0) is 36.8 Å². The Balaban J connectivity index is 1.97. The van der Waals surface area contributed by atoms with E-state index in [1.807, 2.05) is 6.92 Å². The second-order valence-corrected chi connectivity index (χ2v) is 6.38. The van der Waals surface area contributed by atoms with Crippen molar-refractivity contribution in [2.75, 3.05) is 25.6 Å². The molecule has 2 rings (SSSR count). The van der Waals surface area contributed by atoms with Gasteiger partial charge in [0, 0.05) is 0 Å². The van der Waals surface area contributed by atoms with Gasteiger partial charge in [-0.3, -0.25) is 9.59 Å². The highest BCUT2D eigenvalue weighted by molar-refractivity contribution is 6.32. The molecule has 0 aliphatic rings. The molecule has 0 saturated heterocycles. The molecule has 0 bridgehead atoms. The van der Waals surface area contributed by atoms with Gasteiger partial charge in [0.15, 0.2) is 11.5 Å². The predicted molar refractivity (Wildman–Crippen MR) is 119 cm³/mol. The highest BCUT2D eigenvalue weighted by Crippen LogP contribution is 2.36. The SMILES string of the molecule is C#CCOc1c(Cl)cc(C=NNC(=O)CC(=O)Nc2ccccc2OC)cc1OCC. The third-order valence-electron chi connectivity index (χ3n) is 3.74. The van der Waals surface area contributed by atoms with Crippen molar-refractivity contribution in [1.29, 1.82) is 0 Å². The third-order valence-corrected chi connectivity index (χ3v) is 4.02. The lowest BCUT2D eigenvalue weighted by molar-refractivity contribution is -0.126. The molecule has 0 aliphatic carbocycles. The van der Waals surface area contributed by atoms with Crippen LogP contribution in [0.3, 0.4) is 0 Å². The molecule has 0 radical (unpaired) electrons. The summed E-state index contributed by atoms with van der Waals surface area (Å²) in [4.78, 5) is 24.1. The zero-order valence-electron chi connectivity index (χ0n) is 17.1. The van der Waals surface area contributed by atoms with Crippen LogP contribution in [0, 0.1) is 12.3 Å². The molecular formula is C22H22ClN3O5. The van der Waals surface area contributed by atoms with Gasteiger partial charge in [0.1, 0.15) is 18.8 Å². The number of anilines is 1. The van der Waals surface area contributed by atoms with E-state index in [1.165, 1.54) is 13.3 Å². The first-order valence-electron chi connectivity index (χ1n) is 9.25. The Hall–Kier alpha value is -3.70. The van der Waals surface area contributed by atoms with Crippen molar-refractivity contribution in [3.8, 4) is 29.6 Å². The lowest BCUT2D eigenvalue weighted by Crippen LogP contribution is -2.24. The average Bonchev–Trinajstić information content (AvgIpc) is 2.73. The Morgan fingerprint density at radius 3 is 2.68 bits per heavy atom. The van der Waals surface area contributed by atoms with Crippen LogP contribution in [0.25, 0.3) is 0 Å². The van der Waals surface area contributed by atoms with Crippen LogP contribution in [-0.2, 0) is 9.59 Å².